The number of nitrogens with one attached hydrogen (secondary N) is 1. The summed E-state index contributed by atoms with van der Waals surface area (Å²) >= 11 is 0. The Bertz CT molecular complexity index is 838. The molecule has 0 unspecified atom stereocenters. The minimum absolute atomic E-state index is 0.112. The van der Waals surface area contributed by atoms with E-state index < -0.39 is 0 Å². The van der Waals surface area contributed by atoms with Gasteiger partial charge in [-0.15, -0.1) is 0 Å². The van der Waals surface area contributed by atoms with Gasteiger partial charge in [-0.2, -0.15) is 5.26 Å². The highest BCUT2D eigenvalue weighted by atomic mass is 16.5. The van der Waals surface area contributed by atoms with Crippen LogP contribution >= 0.6 is 0 Å². The molecule has 7 nitrogen and oxygen atoms in total. The first-order valence-corrected chi connectivity index (χ1v) is 9.11. The highest BCUT2D eigenvalue weighted by Gasteiger charge is 2.21. The number of nitriles is 1. The van der Waals surface area contributed by atoms with Gasteiger partial charge in [0.2, 0.25) is 11.8 Å². The average molecular weight is 378 g/mol. The smallest absolute Gasteiger partial charge is 0.250 e. The van der Waals surface area contributed by atoms with Crippen molar-refractivity contribution < 1.29 is 14.3 Å². The molecule has 0 saturated carbocycles. The summed E-state index contributed by atoms with van der Waals surface area (Å²) in [6.07, 6.45) is 0. The molecular formula is C21H22N4O3. The summed E-state index contributed by atoms with van der Waals surface area (Å²) in [7, 11) is 0. The van der Waals surface area contributed by atoms with E-state index in [1.54, 1.807) is 29.2 Å². The van der Waals surface area contributed by atoms with Crippen LogP contribution in [0.3, 0.4) is 0 Å². The molecule has 1 aliphatic rings. The number of para-hydroxylation sites is 1. The molecule has 0 radical (unpaired) electrons. The van der Waals surface area contributed by atoms with Gasteiger partial charge >= 0.3 is 0 Å². The SMILES string of the molecule is N#Cc1ccc(NC(=O)COCC(=O)N2CCN(c3ccccc3)CC2)cc1. The monoisotopic (exact) mass is 378 g/mol. The van der Waals surface area contributed by atoms with Gasteiger partial charge in [-0.3, -0.25) is 9.59 Å². The first-order chi connectivity index (χ1) is 13.7. The van der Waals surface area contributed by atoms with Crippen molar-refractivity contribution in [2.45, 2.75) is 0 Å². The van der Waals surface area contributed by atoms with E-state index in [0.29, 0.717) is 24.3 Å². The van der Waals surface area contributed by atoms with Crippen molar-refractivity contribution >= 4 is 23.2 Å². The van der Waals surface area contributed by atoms with E-state index in [1.165, 1.54) is 0 Å². The van der Waals surface area contributed by atoms with Crippen LogP contribution in [-0.4, -0.2) is 56.1 Å². The number of hydrogen-bond acceptors (Lipinski definition) is 5. The number of carbonyl (C=O) groups is 2. The summed E-state index contributed by atoms with van der Waals surface area (Å²) in [5.74, 6) is -0.453. The lowest BCUT2D eigenvalue weighted by Gasteiger charge is -2.36. The van der Waals surface area contributed by atoms with Crippen LogP contribution in [0.1, 0.15) is 5.56 Å². The van der Waals surface area contributed by atoms with E-state index in [-0.39, 0.29) is 25.0 Å². The number of nitrogens with zero attached hydrogens (tertiary/aromatic N) is 3. The van der Waals surface area contributed by atoms with Crippen molar-refractivity contribution in [1.82, 2.24) is 4.90 Å². The van der Waals surface area contributed by atoms with E-state index in [0.717, 1.165) is 18.8 Å². The highest BCUT2D eigenvalue weighted by Crippen LogP contribution is 2.15. The minimum Gasteiger partial charge on any atom is -0.368 e. The molecule has 0 aliphatic carbocycles. The van der Waals surface area contributed by atoms with Crippen LogP contribution in [0.15, 0.2) is 54.6 Å². The molecule has 2 aromatic rings. The molecule has 0 spiro atoms. The zero-order valence-corrected chi connectivity index (χ0v) is 15.5. The normalized spacial score (nSPS) is 13.7. The van der Waals surface area contributed by atoms with E-state index in [1.807, 2.05) is 24.3 Å². The Kier molecular flexibility index (Phi) is 6.60. The van der Waals surface area contributed by atoms with Crippen molar-refractivity contribution in [2.24, 2.45) is 0 Å². The maximum atomic E-state index is 12.3. The van der Waals surface area contributed by atoms with Crippen molar-refractivity contribution in [3.05, 3.63) is 60.2 Å². The zero-order valence-electron chi connectivity index (χ0n) is 15.5. The molecule has 1 N–H and O–H groups in total. The topological polar surface area (TPSA) is 85.7 Å². The number of benzene rings is 2. The largest absolute Gasteiger partial charge is 0.368 e. The lowest BCUT2D eigenvalue weighted by atomic mass is 10.2. The molecule has 0 atom stereocenters. The van der Waals surface area contributed by atoms with Crippen LogP contribution in [-0.2, 0) is 14.3 Å². The van der Waals surface area contributed by atoms with E-state index in [4.69, 9.17) is 10.00 Å². The van der Waals surface area contributed by atoms with Gasteiger partial charge in [-0.05, 0) is 36.4 Å². The fourth-order valence-corrected chi connectivity index (χ4v) is 3.00. The summed E-state index contributed by atoms with van der Waals surface area (Å²) in [5.41, 5.74) is 2.26. The van der Waals surface area contributed by atoms with E-state index in [2.05, 4.69) is 22.3 Å². The summed E-state index contributed by atoms with van der Waals surface area (Å²) < 4.78 is 5.27. The first kappa shape index (κ1) is 19.4. The Balaban J connectivity index is 1.36. The molecule has 1 saturated heterocycles. The van der Waals surface area contributed by atoms with Crippen molar-refractivity contribution in [3.8, 4) is 6.07 Å². The van der Waals surface area contributed by atoms with Crippen LogP contribution < -0.4 is 10.2 Å². The number of ether oxygens (including phenoxy) is 1. The number of amides is 2. The molecule has 1 aliphatic heterocycles. The highest BCUT2D eigenvalue weighted by molar-refractivity contribution is 5.92. The number of hydrogen-bond donors (Lipinski definition) is 1. The van der Waals surface area contributed by atoms with Crippen LogP contribution in [0.2, 0.25) is 0 Å². The van der Waals surface area contributed by atoms with Crippen LogP contribution in [0.25, 0.3) is 0 Å². The van der Waals surface area contributed by atoms with Crippen molar-refractivity contribution in [3.63, 3.8) is 0 Å². The molecule has 144 valence electrons. The van der Waals surface area contributed by atoms with Gasteiger partial charge in [0.1, 0.15) is 13.2 Å². The van der Waals surface area contributed by atoms with Gasteiger partial charge in [0, 0.05) is 37.6 Å². The molecule has 28 heavy (non-hydrogen) atoms. The van der Waals surface area contributed by atoms with Gasteiger partial charge < -0.3 is 19.9 Å². The second kappa shape index (κ2) is 9.53. The predicted octanol–water partition coefficient (Wildman–Crippen LogP) is 1.86. The summed E-state index contributed by atoms with van der Waals surface area (Å²) in [6, 6.07) is 18.7. The summed E-state index contributed by atoms with van der Waals surface area (Å²) in [6.45, 7) is 2.49. The lowest BCUT2D eigenvalue weighted by Crippen LogP contribution is -2.49. The Labute approximate surface area is 164 Å². The molecule has 0 bridgehead atoms. The summed E-state index contributed by atoms with van der Waals surface area (Å²) in [5, 5.41) is 11.4. The average Bonchev–Trinajstić information content (AvgIpc) is 2.75. The molecule has 1 fully saturated rings. The van der Waals surface area contributed by atoms with Gasteiger partial charge in [-0.25, -0.2) is 0 Å². The Morgan fingerprint density at radius 3 is 2.29 bits per heavy atom. The third-order valence-corrected chi connectivity index (χ3v) is 4.51. The number of anilines is 2. The maximum Gasteiger partial charge on any atom is 0.250 e. The van der Waals surface area contributed by atoms with Crippen LogP contribution in [0, 0.1) is 11.3 Å². The van der Waals surface area contributed by atoms with E-state index >= 15 is 0 Å². The molecule has 0 aromatic heterocycles. The summed E-state index contributed by atoms with van der Waals surface area (Å²) in [4.78, 5) is 28.2. The number of rotatable bonds is 6. The Hall–Kier alpha value is -3.37. The van der Waals surface area contributed by atoms with Gasteiger partial charge in [0.25, 0.3) is 0 Å². The van der Waals surface area contributed by atoms with Gasteiger partial charge in [-0.1, -0.05) is 18.2 Å². The Morgan fingerprint density at radius 1 is 0.964 bits per heavy atom. The zero-order chi connectivity index (χ0) is 19.8. The van der Waals surface area contributed by atoms with Crippen molar-refractivity contribution in [1.29, 1.82) is 5.26 Å². The van der Waals surface area contributed by atoms with Gasteiger partial charge in [0.05, 0.1) is 11.6 Å². The number of carbonyl (C=O) groups excluding carboxylic acids is 2. The third-order valence-electron chi connectivity index (χ3n) is 4.51. The fourth-order valence-electron chi connectivity index (χ4n) is 3.00. The Morgan fingerprint density at radius 2 is 1.64 bits per heavy atom. The third kappa shape index (κ3) is 5.32. The maximum absolute atomic E-state index is 12.3. The predicted molar refractivity (Wildman–Crippen MR) is 106 cm³/mol. The van der Waals surface area contributed by atoms with Crippen molar-refractivity contribution in [2.75, 3.05) is 49.6 Å². The quantitative estimate of drug-likeness (QED) is 0.829. The first-order valence-electron chi connectivity index (χ1n) is 9.11. The molecule has 1 heterocycles. The lowest BCUT2D eigenvalue weighted by molar-refractivity contribution is -0.137. The molecule has 2 aromatic carbocycles. The molecular weight excluding hydrogens is 356 g/mol. The number of piperazine rings is 1. The second-order valence-corrected chi connectivity index (χ2v) is 6.43. The minimum atomic E-state index is -0.341. The second-order valence-electron chi connectivity index (χ2n) is 6.43. The molecule has 2 amide bonds. The van der Waals surface area contributed by atoms with Crippen LogP contribution in [0.5, 0.6) is 0 Å². The van der Waals surface area contributed by atoms with Crippen LogP contribution in [0.4, 0.5) is 11.4 Å². The fraction of sp³-hybridized carbons (Fsp3) is 0.286. The van der Waals surface area contributed by atoms with E-state index in [9.17, 15) is 9.59 Å². The molecule has 3 rings (SSSR count). The van der Waals surface area contributed by atoms with Gasteiger partial charge in [0.15, 0.2) is 0 Å². The standard InChI is InChI=1S/C21H22N4O3/c22-14-17-6-8-18(9-7-17)23-20(26)15-28-16-21(27)25-12-10-24(11-13-25)19-4-2-1-3-5-19/h1-9H,10-13,15-16H2,(H,23,26). The molecule has 7 heteroatoms.